The Morgan fingerprint density at radius 3 is 2.96 bits per heavy atom. The molecule has 1 saturated heterocycles. The zero-order valence-corrected chi connectivity index (χ0v) is 15.7. The summed E-state index contributed by atoms with van der Waals surface area (Å²) in [5.74, 6) is 3.74. The summed E-state index contributed by atoms with van der Waals surface area (Å²) >= 11 is 1.82. The van der Waals surface area contributed by atoms with Crippen molar-refractivity contribution in [1.82, 2.24) is 4.90 Å². The number of hydrogen-bond acceptors (Lipinski definition) is 5. The molecule has 5 nitrogen and oxygen atoms in total. The van der Waals surface area contributed by atoms with Gasteiger partial charge in [0.25, 0.3) is 0 Å². The van der Waals surface area contributed by atoms with Gasteiger partial charge in [0.2, 0.25) is 5.91 Å². The second kappa shape index (κ2) is 10.7. The summed E-state index contributed by atoms with van der Waals surface area (Å²) in [4.78, 5) is 14.0. The van der Waals surface area contributed by atoms with Crippen molar-refractivity contribution in [2.24, 2.45) is 0 Å². The molecule has 0 aromatic carbocycles. The molecule has 0 aliphatic carbocycles. The maximum Gasteiger partial charge on any atom is 0.223 e. The number of amides is 1. The quantitative estimate of drug-likeness (QED) is 0.464. The van der Waals surface area contributed by atoms with Crippen LogP contribution in [-0.4, -0.2) is 57.8 Å². The van der Waals surface area contributed by atoms with Crippen molar-refractivity contribution >= 4 is 17.7 Å². The zero-order valence-electron chi connectivity index (χ0n) is 14.9. The summed E-state index contributed by atoms with van der Waals surface area (Å²) in [6.45, 7) is 2.87. The Morgan fingerprint density at radius 2 is 2.24 bits per heavy atom. The third kappa shape index (κ3) is 6.88. The van der Waals surface area contributed by atoms with Crippen LogP contribution >= 0.6 is 11.8 Å². The predicted octanol–water partition coefficient (Wildman–Crippen LogP) is 2.54. The SMILES string of the molecule is Cc1ccc(C[C@H](O)C=C[C@H]2CCC(=O)N2CCSCCCCO)o1. The summed E-state index contributed by atoms with van der Waals surface area (Å²) < 4.78 is 5.48. The van der Waals surface area contributed by atoms with Crippen molar-refractivity contribution in [2.75, 3.05) is 24.7 Å². The first-order valence-electron chi connectivity index (χ1n) is 9.00. The van der Waals surface area contributed by atoms with Crippen molar-refractivity contribution in [3.05, 3.63) is 35.8 Å². The van der Waals surface area contributed by atoms with Crippen LogP contribution in [0.25, 0.3) is 0 Å². The lowest BCUT2D eigenvalue weighted by molar-refractivity contribution is -0.128. The van der Waals surface area contributed by atoms with E-state index in [4.69, 9.17) is 9.52 Å². The minimum absolute atomic E-state index is 0.0820. The van der Waals surface area contributed by atoms with E-state index in [1.807, 2.05) is 41.8 Å². The standard InChI is InChI=1S/C19H29NO4S/c1-15-4-8-18(24-15)14-17(22)7-5-16-6-9-19(23)20(16)10-13-25-12-3-2-11-21/h4-5,7-8,16-17,21-22H,2-3,6,9-14H2,1H3/t16-,17+/m0/s1. The van der Waals surface area contributed by atoms with Crippen LogP contribution in [0.2, 0.25) is 0 Å². The van der Waals surface area contributed by atoms with E-state index in [1.54, 1.807) is 6.08 Å². The summed E-state index contributed by atoms with van der Waals surface area (Å²) in [5, 5.41) is 18.9. The van der Waals surface area contributed by atoms with E-state index in [0.29, 0.717) is 12.8 Å². The molecule has 0 bridgehead atoms. The number of nitrogens with zero attached hydrogens (tertiary/aromatic N) is 1. The normalized spacial score (nSPS) is 19.2. The van der Waals surface area contributed by atoms with Crippen molar-refractivity contribution in [2.45, 2.75) is 51.2 Å². The molecule has 2 N–H and O–H groups in total. The molecule has 2 atom stereocenters. The van der Waals surface area contributed by atoms with Gasteiger partial charge in [0.15, 0.2) is 0 Å². The number of aliphatic hydroxyl groups is 2. The topological polar surface area (TPSA) is 73.9 Å². The van der Waals surface area contributed by atoms with Gasteiger partial charge in [-0.3, -0.25) is 4.79 Å². The Kier molecular flexibility index (Phi) is 8.58. The van der Waals surface area contributed by atoms with Gasteiger partial charge >= 0.3 is 0 Å². The molecule has 140 valence electrons. The average molecular weight is 368 g/mol. The molecule has 0 saturated carbocycles. The van der Waals surface area contributed by atoms with Crippen molar-refractivity contribution in [1.29, 1.82) is 0 Å². The van der Waals surface area contributed by atoms with E-state index in [9.17, 15) is 9.90 Å². The third-order valence-corrected chi connectivity index (χ3v) is 5.36. The van der Waals surface area contributed by atoms with Gasteiger partial charge in [0.05, 0.1) is 12.1 Å². The fraction of sp³-hybridized carbons (Fsp3) is 0.632. The summed E-state index contributed by atoms with van der Waals surface area (Å²) in [6.07, 6.45) is 6.84. The Morgan fingerprint density at radius 1 is 1.40 bits per heavy atom. The van der Waals surface area contributed by atoms with Crippen LogP contribution < -0.4 is 0 Å². The lowest BCUT2D eigenvalue weighted by Gasteiger charge is -2.22. The molecule has 1 amide bonds. The van der Waals surface area contributed by atoms with Gasteiger partial charge in [-0.1, -0.05) is 12.2 Å². The number of aryl methyl sites for hydroxylation is 1. The van der Waals surface area contributed by atoms with Crippen molar-refractivity contribution < 1.29 is 19.4 Å². The second-order valence-electron chi connectivity index (χ2n) is 6.40. The molecule has 6 heteroatoms. The van der Waals surface area contributed by atoms with Gasteiger partial charge in [0.1, 0.15) is 11.5 Å². The van der Waals surface area contributed by atoms with Crippen LogP contribution in [0.5, 0.6) is 0 Å². The maximum absolute atomic E-state index is 12.1. The van der Waals surface area contributed by atoms with E-state index in [0.717, 1.165) is 48.8 Å². The lowest BCUT2D eigenvalue weighted by atomic mass is 10.1. The smallest absolute Gasteiger partial charge is 0.223 e. The highest BCUT2D eigenvalue weighted by Gasteiger charge is 2.28. The molecule has 0 radical (unpaired) electrons. The number of aliphatic hydroxyl groups excluding tert-OH is 2. The largest absolute Gasteiger partial charge is 0.466 e. The Bertz CT molecular complexity index is 557. The first kappa shape index (κ1) is 20.1. The molecule has 0 spiro atoms. The first-order valence-corrected chi connectivity index (χ1v) is 10.2. The lowest BCUT2D eigenvalue weighted by Crippen LogP contribution is -2.34. The fourth-order valence-corrected chi connectivity index (χ4v) is 3.89. The minimum atomic E-state index is -0.601. The van der Waals surface area contributed by atoms with Gasteiger partial charge < -0.3 is 19.5 Å². The zero-order chi connectivity index (χ0) is 18.1. The van der Waals surface area contributed by atoms with Gasteiger partial charge in [0, 0.05) is 31.7 Å². The second-order valence-corrected chi connectivity index (χ2v) is 7.63. The van der Waals surface area contributed by atoms with E-state index >= 15 is 0 Å². The molecule has 0 unspecified atom stereocenters. The maximum atomic E-state index is 12.1. The van der Waals surface area contributed by atoms with Crippen LogP contribution in [0.4, 0.5) is 0 Å². The van der Waals surface area contributed by atoms with Crippen molar-refractivity contribution in [3.8, 4) is 0 Å². The monoisotopic (exact) mass is 367 g/mol. The molecule has 25 heavy (non-hydrogen) atoms. The summed E-state index contributed by atoms with van der Waals surface area (Å²) in [6, 6.07) is 3.85. The van der Waals surface area contributed by atoms with E-state index < -0.39 is 6.10 Å². The van der Waals surface area contributed by atoms with E-state index in [1.165, 1.54) is 0 Å². The first-order chi connectivity index (χ1) is 12.1. The summed E-state index contributed by atoms with van der Waals surface area (Å²) in [5.41, 5.74) is 0. The highest BCUT2D eigenvalue weighted by molar-refractivity contribution is 7.99. The van der Waals surface area contributed by atoms with Crippen LogP contribution in [0.3, 0.4) is 0 Å². The molecule has 2 rings (SSSR count). The van der Waals surface area contributed by atoms with Crippen LogP contribution in [0, 0.1) is 6.92 Å². The molecule has 1 aromatic heterocycles. The molecular weight excluding hydrogens is 338 g/mol. The molecule has 1 aromatic rings. The number of hydrogen-bond donors (Lipinski definition) is 2. The molecular formula is C19H29NO4S. The number of thioether (sulfide) groups is 1. The number of likely N-dealkylation sites (tertiary alicyclic amines) is 1. The highest BCUT2D eigenvalue weighted by Crippen LogP contribution is 2.21. The van der Waals surface area contributed by atoms with Crippen LogP contribution in [0.1, 0.15) is 37.2 Å². The predicted molar refractivity (Wildman–Crippen MR) is 101 cm³/mol. The fourth-order valence-electron chi connectivity index (χ4n) is 2.95. The number of carbonyl (C=O) groups excluding carboxylic acids is 1. The third-order valence-electron chi connectivity index (χ3n) is 4.31. The van der Waals surface area contributed by atoms with Crippen molar-refractivity contribution in [3.63, 3.8) is 0 Å². The minimum Gasteiger partial charge on any atom is -0.466 e. The molecule has 1 fully saturated rings. The van der Waals surface area contributed by atoms with Crippen LogP contribution in [0.15, 0.2) is 28.7 Å². The molecule has 2 heterocycles. The van der Waals surface area contributed by atoms with Gasteiger partial charge in [-0.05, 0) is 44.1 Å². The van der Waals surface area contributed by atoms with E-state index in [-0.39, 0.29) is 18.6 Å². The summed E-state index contributed by atoms with van der Waals surface area (Å²) in [7, 11) is 0. The molecule has 1 aliphatic heterocycles. The highest BCUT2D eigenvalue weighted by atomic mass is 32.2. The van der Waals surface area contributed by atoms with Gasteiger partial charge in [-0.25, -0.2) is 0 Å². The number of carbonyl (C=O) groups is 1. The van der Waals surface area contributed by atoms with Gasteiger partial charge in [-0.2, -0.15) is 11.8 Å². The Hall–Kier alpha value is -1.24. The molecule has 1 aliphatic rings. The Balaban J connectivity index is 1.75. The van der Waals surface area contributed by atoms with Gasteiger partial charge in [-0.15, -0.1) is 0 Å². The number of furan rings is 1. The van der Waals surface area contributed by atoms with E-state index in [2.05, 4.69) is 0 Å². The Labute approximate surface area is 154 Å². The number of rotatable bonds is 11. The van der Waals surface area contributed by atoms with Crippen LogP contribution in [-0.2, 0) is 11.2 Å². The number of unbranched alkanes of at least 4 members (excludes halogenated alkanes) is 1. The average Bonchev–Trinajstić information content (AvgIpc) is 3.15.